The number of carbonyl (C=O) groups is 1. The van der Waals surface area contributed by atoms with Gasteiger partial charge < -0.3 is 19.9 Å². The van der Waals surface area contributed by atoms with Crippen molar-refractivity contribution in [3.05, 3.63) is 41.0 Å². The van der Waals surface area contributed by atoms with E-state index in [2.05, 4.69) is 51.1 Å². The lowest BCUT2D eigenvalue weighted by atomic mass is 9.78. The van der Waals surface area contributed by atoms with Crippen LogP contribution in [-0.2, 0) is 0 Å². The summed E-state index contributed by atoms with van der Waals surface area (Å²) in [4.78, 5) is 28.9. The molecule has 1 saturated carbocycles. The fourth-order valence-electron chi connectivity index (χ4n) is 5.50. The number of thiophene rings is 1. The van der Waals surface area contributed by atoms with Crippen LogP contribution in [0.1, 0.15) is 48.3 Å². The van der Waals surface area contributed by atoms with Gasteiger partial charge in [0.05, 0.1) is 17.4 Å². The lowest BCUT2D eigenvalue weighted by molar-refractivity contribution is 0.0894. The largest absolute Gasteiger partial charge is 0.497 e. The topological polar surface area (TPSA) is 70.6 Å². The van der Waals surface area contributed by atoms with Gasteiger partial charge in [-0.15, -0.1) is 11.3 Å². The zero-order valence-corrected chi connectivity index (χ0v) is 21.9. The van der Waals surface area contributed by atoms with Crippen LogP contribution in [0.4, 0.5) is 11.5 Å². The highest BCUT2D eigenvalue weighted by atomic mass is 32.1. The van der Waals surface area contributed by atoms with Gasteiger partial charge in [-0.3, -0.25) is 4.79 Å². The number of methoxy groups -OCH3 is 1. The number of hydrogen-bond acceptors (Lipinski definition) is 7. The van der Waals surface area contributed by atoms with Gasteiger partial charge in [-0.25, -0.2) is 9.97 Å². The van der Waals surface area contributed by atoms with Crippen molar-refractivity contribution in [2.75, 3.05) is 43.1 Å². The Bertz CT molecular complexity index is 1190. The van der Waals surface area contributed by atoms with Crippen LogP contribution >= 0.6 is 11.3 Å². The molecule has 0 spiro atoms. The molecular weight excluding hydrogens is 458 g/mol. The van der Waals surface area contributed by atoms with E-state index >= 15 is 0 Å². The monoisotopic (exact) mass is 493 g/mol. The number of hydrogen-bond donors (Lipinski definition) is 1. The molecule has 0 radical (unpaired) electrons. The average molecular weight is 494 g/mol. The summed E-state index contributed by atoms with van der Waals surface area (Å²) in [5.74, 6) is 2.99. The second-order valence-electron chi connectivity index (χ2n) is 9.95. The minimum absolute atomic E-state index is 0.0340. The number of carbonyl (C=O) groups excluding carboxylic acids is 1. The van der Waals surface area contributed by atoms with Crippen LogP contribution in [0.5, 0.6) is 5.75 Å². The van der Waals surface area contributed by atoms with Crippen molar-refractivity contribution in [1.82, 2.24) is 15.3 Å². The highest BCUT2D eigenvalue weighted by Gasteiger charge is 2.30. The summed E-state index contributed by atoms with van der Waals surface area (Å²) in [6.07, 6.45) is 5.13. The average Bonchev–Trinajstić information content (AvgIpc) is 3.24. The molecule has 3 heterocycles. The predicted molar refractivity (Wildman–Crippen MR) is 143 cm³/mol. The van der Waals surface area contributed by atoms with Gasteiger partial charge in [-0.05, 0) is 55.0 Å². The maximum atomic E-state index is 13.3. The Kier molecular flexibility index (Phi) is 6.82. The Morgan fingerprint density at radius 3 is 2.49 bits per heavy atom. The number of fused-ring (bicyclic) bond motifs is 1. The lowest BCUT2D eigenvalue weighted by Crippen LogP contribution is -2.47. The van der Waals surface area contributed by atoms with Crippen LogP contribution in [0.15, 0.2) is 30.6 Å². The number of amides is 1. The van der Waals surface area contributed by atoms with Gasteiger partial charge in [0.1, 0.15) is 22.7 Å². The van der Waals surface area contributed by atoms with Crippen molar-refractivity contribution in [3.63, 3.8) is 0 Å². The zero-order valence-electron chi connectivity index (χ0n) is 21.1. The first-order valence-electron chi connectivity index (χ1n) is 12.6. The van der Waals surface area contributed by atoms with Gasteiger partial charge in [0.2, 0.25) is 0 Å². The van der Waals surface area contributed by atoms with Crippen molar-refractivity contribution in [2.45, 2.75) is 46.1 Å². The number of anilines is 2. The van der Waals surface area contributed by atoms with E-state index in [9.17, 15) is 4.79 Å². The molecule has 1 saturated heterocycles. The van der Waals surface area contributed by atoms with Gasteiger partial charge in [-0.2, -0.15) is 0 Å². The Hall–Kier alpha value is -2.87. The summed E-state index contributed by atoms with van der Waals surface area (Å²) in [6, 6.07) is 8.47. The Labute approximate surface area is 211 Å². The van der Waals surface area contributed by atoms with E-state index in [0.717, 1.165) is 64.8 Å². The molecule has 1 aromatic carbocycles. The minimum Gasteiger partial charge on any atom is -0.497 e. The Morgan fingerprint density at radius 1 is 1.06 bits per heavy atom. The van der Waals surface area contributed by atoms with Crippen molar-refractivity contribution >= 4 is 39.0 Å². The summed E-state index contributed by atoms with van der Waals surface area (Å²) in [5, 5.41) is 4.36. The fourth-order valence-corrected chi connectivity index (χ4v) is 6.54. The van der Waals surface area contributed by atoms with Crippen molar-refractivity contribution in [1.29, 1.82) is 0 Å². The molecule has 2 fully saturated rings. The van der Waals surface area contributed by atoms with E-state index in [1.165, 1.54) is 29.9 Å². The molecule has 1 aliphatic heterocycles. The van der Waals surface area contributed by atoms with Crippen LogP contribution in [-0.4, -0.2) is 55.2 Å². The Morgan fingerprint density at radius 2 is 1.77 bits per heavy atom. The van der Waals surface area contributed by atoms with Crippen molar-refractivity contribution in [3.8, 4) is 5.75 Å². The fraction of sp³-hybridized carbons (Fsp3) is 0.519. The summed E-state index contributed by atoms with van der Waals surface area (Å²) in [6.45, 7) is 10.2. The second-order valence-corrected chi connectivity index (χ2v) is 11.0. The number of aromatic nitrogens is 2. The first-order valence-corrected chi connectivity index (χ1v) is 13.5. The van der Waals surface area contributed by atoms with Crippen LogP contribution < -0.4 is 19.9 Å². The van der Waals surface area contributed by atoms with E-state index in [-0.39, 0.29) is 11.9 Å². The molecule has 5 rings (SSSR count). The highest BCUT2D eigenvalue weighted by Crippen LogP contribution is 2.36. The molecule has 8 heteroatoms. The number of rotatable bonds is 5. The van der Waals surface area contributed by atoms with Gasteiger partial charge in [0.15, 0.2) is 0 Å². The molecule has 35 heavy (non-hydrogen) atoms. The predicted octanol–water partition coefficient (Wildman–Crippen LogP) is 4.89. The van der Waals surface area contributed by atoms with Gasteiger partial charge in [0.25, 0.3) is 5.91 Å². The normalized spacial score (nSPS) is 22.9. The number of nitrogens with zero attached hydrogens (tertiary/aromatic N) is 4. The van der Waals surface area contributed by atoms with E-state index in [0.29, 0.717) is 11.8 Å². The number of aryl methyl sites for hydroxylation is 1. The number of benzene rings is 1. The molecule has 1 aliphatic carbocycles. The molecule has 2 aliphatic rings. The van der Waals surface area contributed by atoms with E-state index in [1.807, 2.05) is 19.1 Å². The third-order valence-electron chi connectivity index (χ3n) is 7.95. The Balaban J connectivity index is 1.33. The van der Waals surface area contributed by atoms with Crippen LogP contribution in [0, 0.1) is 18.8 Å². The SMILES string of the molecule is COc1ccc(N2CCN(c3ncnc4sc(C(=O)N[C@@H]5CCC[C@@H](C)[C@H]5C)c(C)c34)CC2)cc1. The van der Waals surface area contributed by atoms with Gasteiger partial charge in [-0.1, -0.05) is 26.7 Å². The smallest absolute Gasteiger partial charge is 0.261 e. The van der Waals surface area contributed by atoms with Crippen LogP contribution in [0.2, 0.25) is 0 Å². The third-order valence-corrected chi connectivity index (χ3v) is 9.15. The maximum Gasteiger partial charge on any atom is 0.261 e. The molecule has 7 nitrogen and oxygen atoms in total. The molecule has 1 N–H and O–H groups in total. The second kappa shape index (κ2) is 10.0. The summed E-state index contributed by atoms with van der Waals surface area (Å²) in [7, 11) is 1.69. The van der Waals surface area contributed by atoms with Crippen molar-refractivity contribution in [2.24, 2.45) is 11.8 Å². The molecule has 3 aromatic rings. The zero-order chi connectivity index (χ0) is 24.5. The molecule has 0 unspecified atom stereocenters. The van der Waals surface area contributed by atoms with Crippen LogP contribution in [0.25, 0.3) is 10.2 Å². The molecule has 186 valence electrons. The standard InChI is InChI=1S/C27H35N5O2S/c1-17-6-5-7-22(18(17)2)30-26(33)24-19(3)23-25(28-16-29-27(23)35-24)32-14-12-31(13-15-32)20-8-10-21(34-4)11-9-20/h8-11,16-18,22H,5-7,12-15H2,1-4H3,(H,30,33)/t17-,18-,22-/m1/s1. The molecule has 2 aromatic heterocycles. The molecule has 0 bridgehead atoms. The first kappa shape index (κ1) is 23.9. The van der Waals surface area contributed by atoms with Crippen molar-refractivity contribution < 1.29 is 9.53 Å². The molecule has 3 atom stereocenters. The highest BCUT2D eigenvalue weighted by molar-refractivity contribution is 7.20. The molecular formula is C27H35N5O2S. The number of piperazine rings is 1. The minimum atomic E-state index is 0.0340. The summed E-state index contributed by atoms with van der Waals surface area (Å²) >= 11 is 1.49. The maximum absolute atomic E-state index is 13.3. The van der Waals surface area contributed by atoms with E-state index in [4.69, 9.17) is 4.74 Å². The lowest BCUT2D eigenvalue weighted by Gasteiger charge is -2.37. The third kappa shape index (κ3) is 4.68. The van der Waals surface area contributed by atoms with E-state index < -0.39 is 0 Å². The summed E-state index contributed by atoms with van der Waals surface area (Å²) in [5.41, 5.74) is 2.20. The summed E-state index contributed by atoms with van der Waals surface area (Å²) < 4.78 is 5.29. The van der Waals surface area contributed by atoms with Gasteiger partial charge in [0, 0.05) is 37.9 Å². The van der Waals surface area contributed by atoms with Crippen LogP contribution in [0.3, 0.4) is 0 Å². The number of nitrogens with one attached hydrogen (secondary N) is 1. The van der Waals surface area contributed by atoms with E-state index in [1.54, 1.807) is 13.4 Å². The first-order chi connectivity index (χ1) is 17.0. The molecule has 1 amide bonds. The quantitative estimate of drug-likeness (QED) is 0.546. The van der Waals surface area contributed by atoms with Gasteiger partial charge >= 0.3 is 0 Å². The number of ether oxygens (including phenoxy) is 1.